The molecule has 2 fully saturated rings. The number of pyridine rings is 1. The van der Waals surface area contributed by atoms with Gasteiger partial charge in [0.2, 0.25) is 11.8 Å². The van der Waals surface area contributed by atoms with Gasteiger partial charge in [-0.3, -0.25) is 9.69 Å². The highest BCUT2D eigenvalue weighted by molar-refractivity contribution is 7.82. The maximum Gasteiger partial charge on any atom is 0.310 e. The maximum atomic E-state index is 14.7. The van der Waals surface area contributed by atoms with Crippen molar-refractivity contribution in [1.82, 2.24) is 18.8 Å². The molecule has 0 saturated carbocycles. The van der Waals surface area contributed by atoms with Crippen molar-refractivity contribution in [1.29, 1.82) is 0 Å². The molecule has 0 amide bonds. The van der Waals surface area contributed by atoms with Gasteiger partial charge in [0.15, 0.2) is 0 Å². The van der Waals surface area contributed by atoms with Crippen molar-refractivity contribution in [2.45, 2.75) is 89.7 Å². The first kappa shape index (κ1) is 38.8. The van der Waals surface area contributed by atoms with E-state index in [0.29, 0.717) is 73.9 Å². The van der Waals surface area contributed by atoms with Crippen LogP contribution in [0.25, 0.3) is 6.08 Å². The average Bonchev–Trinajstić information content (AvgIpc) is 3.32. The third kappa shape index (κ3) is 8.28. The van der Waals surface area contributed by atoms with Crippen LogP contribution in [0.2, 0.25) is 0 Å². The van der Waals surface area contributed by atoms with Crippen LogP contribution in [0.1, 0.15) is 92.3 Å². The molecule has 3 aliphatic rings. The lowest BCUT2D eigenvalue weighted by Gasteiger charge is -2.38. The first-order chi connectivity index (χ1) is 25.2. The van der Waals surface area contributed by atoms with Crippen LogP contribution in [0, 0.1) is 19.3 Å². The highest BCUT2D eigenvalue weighted by Gasteiger charge is 2.44. The number of fused-ring (bicyclic) bond motifs is 1. The molecular formula is C40H56N6O6S. The first-order valence-corrected chi connectivity index (χ1v) is 19.8. The Hall–Kier alpha value is -3.91. The van der Waals surface area contributed by atoms with Gasteiger partial charge in [-0.2, -0.15) is 4.98 Å². The molecule has 3 aromatic rings. The van der Waals surface area contributed by atoms with Crippen LogP contribution in [0.5, 0.6) is 11.8 Å². The number of carboxylic acid groups (broad SMARTS) is 1. The number of ether oxygens (including phenoxy) is 3. The van der Waals surface area contributed by atoms with Crippen molar-refractivity contribution >= 4 is 28.8 Å². The van der Waals surface area contributed by atoms with E-state index >= 15 is 0 Å². The minimum Gasteiger partial charge on any atom is -0.481 e. The Bertz CT molecular complexity index is 1870. The van der Waals surface area contributed by atoms with Gasteiger partial charge in [0.1, 0.15) is 33.9 Å². The number of nitrogens with zero attached hydrogens (tertiary/aromatic N) is 4. The molecule has 13 heteroatoms. The molecule has 6 rings (SSSR count). The molecule has 0 bridgehead atoms. The number of nitrogen functional groups attached to an aromatic ring is 1. The zero-order valence-corrected chi connectivity index (χ0v) is 32.9. The van der Waals surface area contributed by atoms with Crippen LogP contribution in [0.4, 0.5) is 5.82 Å². The summed E-state index contributed by atoms with van der Waals surface area (Å²) in [6.45, 7) is 14.6. The molecule has 1 spiro atoms. The Morgan fingerprint density at radius 1 is 1.13 bits per heavy atom. The van der Waals surface area contributed by atoms with E-state index in [-0.39, 0.29) is 0 Å². The fraction of sp³-hybridized carbons (Fsp3) is 0.550. The molecule has 5 heterocycles. The number of piperidine rings is 1. The Morgan fingerprint density at radius 2 is 1.85 bits per heavy atom. The summed E-state index contributed by atoms with van der Waals surface area (Å²) < 4.78 is 37.2. The number of anilines is 1. The molecule has 2 aromatic heterocycles. The number of rotatable bonds is 11. The van der Waals surface area contributed by atoms with E-state index in [0.717, 1.165) is 53.1 Å². The summed E-state index contributed by atoms with van der Waals surface area (Å²) in [6.07, 6.45) is 6.78. The topological polar surface area (TPSA) is 158 Å². The zero-order valence-electron chi connectivity index (χ0n) is 32.1. The molecule has 2 saturated heterocycles. The number of aliphatic carboxylic acids is 1. The van der Waals surface area contributed by atoms with Crippen LogP contribution in [-0.4, -0.2) is 85.6 Å². The van der Waals surface area contributed by atoms with Crippen molar-refractivity contribution in [3.63, 3.8) is 0 Å². The monoisotopic (exact) mass is 748 g/mol. The summed E-state index contributed by atoms with van der Waals surface area (Å²) in [7, 11) is 0.234. The Kier molecular flexibility index (Phi) is 11.6. The highest BCUT2D eigenvalue weighted by atomic mass is 32.2. The fourth-order valence-electron chi connectivity index (χ4n) is 7.84. The highest BCUT2D eigenvalue weighted by Crippen LogP contribution is 2.44. The third-order valence-corrected chi connectivity index (χ3v) is 12.5. The number of allylic oxidation sites excluding steroid dienone is 1. The standard InChI is InChI=1S/C40H56N6O6S/c1-26-10-11-29(34(39(4,5)38(47)48)32-23-30(21-28(3)41)35(42)44(32)6)22-31(26)24-46-25-40(12-17-50-18-13-40)52-37-33(53(46)49)20-27(2)36(43-37)51-19-16-45-14-8-7-9-15-45/h10-11,20-23,34H,7-9,12-19,24-25,41-42H2,1-6H3,(H,47,48)/b28-21-. The second-order valence-corrected chi connectivity index (χ2v) is 17.1. The van der Waals surface area contributed by atoms with Crippen molar-refractivity contribution in [3.05, 3.63) is 69.5 Å². The molecule has 53 heavy (non-hydrogen) atoms. The molecule has 288 valence electrons. The predicted octanol–water partition coefficient (Wildman–Crippen LogP) is 5.51. The molecule has 2 unspecified atom stereocenters. The number of nitrogens with two attached hydrogens (primary N) is 2. The summed E-state index contributed by atoms with van der Waals surface area (Å²) in [5.74, 6) is -0.140. The van der Waals surface area contributed by atoms with Crippen LogP contribution < -0.4 is 20.9 Å². The van der Waals surface area contributed by atoms with Gasteiger partial charge in [-0.15, -0.1) is 0 Å². The molecule has 5 N–H and O–H groups in total. The normalized spacial score (nSPS) is 20.4. The second kappa shape index (κ2) is 15.8. The predicted molar refractivity (Wildman–Crippen MR) is 207 cm³/mol. The number of carbonyl (C=O) groups is 1. The third-order valence-electron chi connectivity index (χ3n) is 11.2. The van der Waals surface area contributed by atoms with E-state index in [1.165, 1.54) is 19.3 Å². The molecule has 0 aliphatic carbocycles. The molecule has 1 aromatic carbocycles. The number of benzene rings is 1. The van der Waals surface area contributed by atoms with Gasteiger partial charge in [0, 0.05) is 61.4 Å². The summed E-state index contributed by atoms with van der Waals surface area (Å²) in [6, 6.07) is 9.87. The number of aromatic nitrogens is 2. The van der Waals surface area contributed by atoms with Gasteiger partial charge >= 0.3 is 5.97 Å². The quantitative estimate of drug-likeness (QED) is 0.228. The van der Waals surface area contributed by atoms with E-state index in [9.17, 15) is 14.1 Å². The Balaban J connectivity index is 1.35. The van der Waals surface area contributed by atoms with Crippen LogP contribution in [0.3, 0.4) is 0 Å². The number of likely N-dealkylation sites (tertiary alicyclic amines) is 1. The average molecular weight is 749 g/mol. The van der Waals surface area contributed by atoms with Gasteiger partial charge in [0.25, 0.3) is 0 Å². The summed E-state index contributed by atoms with van der Waals surface area (Å²) in [5, 5.41) is 10.5. The largest absolute Gasteiger partial charge is 0.481 e. The van der Waals surface area contributed by atoms with Gasteiger partial charge in [-0.1, -0.05) is 24.6 Å². The van der Waals surface area contributed by atoms with Gasteiger partial charge < -0.3 is 35.4 Å². The van der Waals surface area contributed by atoms with Crippen LogP contribution >= 0.6 is 0 Å². The Labute approximate surface area is 316 Å². The summed E-state index contributed by atoms with van der Waals surface area (Å²) in [5.41, 5.74) is 16.3. The number of hydrogen-bond donors (Lipinski definition) is 3. The van der Waals surface area contributed by atoms with E-state index in [1.807, 2.05) is 54.0 Å². The van der Waals surface area contributed by atoms with Gasteiger partial charge in [-0.25, -0.2) is 8.51 Å². The van der Waals surface area contributed by atoms with Crippen molar-refractivity contribution in [3.8, 4) is 11.8 Å². The van der Waals surface area contributed by atoms with Gasteiger partial charge in [0.05, 0.1) is 25.2 Å². The number of carboxylic acids is 1. The van der Waals surface area contributed by atoms with E-state index in [4.69, 9.17) is 30.7 Å². The second-order valence-electron chi connectivity index (χ2n) is 15.6. The van der Waals surface area contributed by atoms with Crippen molar-refractivity contribution in [2.24, 2.45) is 18.2 Å². The lowest BCUT2D eigenvalue weighted by molar-refractivity contribution is -0.147. The van der Waals surface area contributed by atoms with Gasteiger partial charge in [-0.05, 0) is 95.4 Å². The summed E-state index contributed by atoms with van der Waals surface area (Å²) in [4.78, 5) is 20.7. The van der Waals surface area contributed by atoms with E-state index in [1.54, 1.807) is 26.8 Å². The smallest absolute Gasteiger partial charge is 0.310 e. The van der Waals surface area contributed by atoms with E-state index < -0.39 is 33.9 Å². The lowest BCUT2D eigenvalue weighted by Crippen LogP contribution is -2.49. The van der Waals surface area contributed by atoms with Crippen molar-refractivity contribution in [2.75, 3.05) is 51.7 Å². The number of hydrogen-bond acceptors (Lipinski definition) is 9. The van der Waals surface area contributed by atoms with Crippen LogP contribution in [0.15, 0.2) is 40.9 Å². The van der Waals surface area contributed by atoms with Crippen molar-refractivity contribution < 1.29 is 28.3 Å². The molecule has 12 nitrogen and oxygen atoms in total. The molecule has 0 radical (unpaired) electrons. The maximum absolute atomic E-state index is 14.7. The SMILES string of the molecule is C/C(N)=C/c1cc(C(c2ccc(C)c(CN3CC4(CCOCC4)Oc4nc(OCCN5CCCCC5)c(C)cc4S3=O)c2)C(C)(C)C(=O)O)n(C)c1N. The molecule has 3 aliphatic heterocycles. The first-order valence-electron chi connectivity index (χ1n) is 18.7. The minimum absolute atomic E-state index is 0.346. The van der Waals surface area contributed by atoms with Crippen LogP contribution in [-0.2, 0) is 34.1 Å². The molecular weight excluding hydrogens is 693 g/mol. The number of aryl methyl sites for hydroxylation is 2. The minimum atomic E-state index is -1.61. The Morgan fingerprint density at radius 3 is 2.53 bits per heavy atom. The zero-order chi connectivity index (χ0) is 38.1. The lowest BCUT2D eigenvalue weighted by atomic mass is 9.72. The van der Waals surface area contributed by atoms with E-state index in [2.05, 4.69) is 11.0 Å². The summed E-state index contributed by atoms with van der Waals surface area (Å²) >= 11 is 0. The molecule has 2 atom stereocenters. The fourth-order valence-corrected chi connectivity index (χ4v) is 9.24.